The van der Waals surface area contributed by atoms with Gasteiger partial charge >= 0.3 is 0 Å². The number of ketones is 1. The Bertz CT molecular complexity index is 617. The standard InChI is InChI=1S/C15H13Cl2NO2/c16-9-3-1-4-10(17)14(9)8-7-13(20)18-11-5-2-6-12(19)15(8)11/h1,3-4,8H,2,5-7H2,(H,18,20)/t8-/m0/s1. The largest absolute Gasteiger partial charge is 0.329 e. The van der Waals surface area contributed by atoms with E-state index in [-0.39, 0.29) is 24.0 Å². The predicted octanol–water partition coefficient (Wildman–Crippen LogP) is 3.60. The van der Waals surface area contributed by atoms with Crippen LogP contribution in [0.5, 0.6) is 0 Å². The quantitative estimate of drug-likeness (QED) is 0.861. The number of rotatable bonds is 1. The number of halogens is 2. The molecule has 3 rings (SSSR count). The number of carbonyl (C=O) groups excluding carboxylic acids is 2. The maximum atomic E-state index is 12.2. The Morgan fingerprint density at radius 1 is 1.10 bits per heavy atom. The van der Waals surface area contributed by atoms with Crippen LogP contribution in [0.25, 0.3) is 0 Å². The van der Waals surface area contributed by atoms with E-state index >= 15 is 0 Å². The minimum Gasteiger partial charge on any atom is -0.329 e. The van der Waals surface area contributed by atoms with E-state index in [4.69, 9.17) is 23.2 Å². The maximum absolute atomic E-state index is 12.2. The first-order valence-corrected chi connectivity index (χ1v) is 7.33. The average molecular weight is 310 g/mol. The summed E-state index contributed by atoms with van der Waals surface area (Å²) in [7, 11) is 0. The molecule has 1 aromatic rings. The number of allylic oxidation sites excluding steroid dienone is 2. The van der Waals surface area contributed by atoms with Crippen LogP contribution in [0.1, 0.15) is 37.2 Å². The van der Waals surface area contributed by atoms with Gasteiger partial charge in [-0.05, 0) is 30.5 Å². The Morgan fingerprint density at radius 2 is 1.80 bits per heavy atom. The summed E-state index contributed by atoms with van der Waals surface area (Å²) >= 11 is 12.5. The van der Waals surface area contributed by atoms with E-state index in [2.05, 4.69) is 5.32 Å². The molecule has 1 N–H and O–H groups in total. The second-order valence-corrected chi connectivity index (χ2v) is 5.92. The highest BCUT2D eigenvalue weighted by molar-refractivity contribution is 6.36. The Kier molecular flexibility index (Phi) is 3.57. The first-order valence-electron chi connectivity index (χ1n) is 6.58. The van der Waals surface area contributed by atoms with Gasteiger partial charge in [0.25, 0.3) is 0 Å². The Balaban J connectivity index is 2.16. The number of carbonyl (C=O) groups is 2. The fourth-order valence-corrected chi connectivity index (χ4v) is 3.66. The summed E-state index contributed by atoms with van der Waals surface area (Å²) in [6.45, 7) is 0. The fourth-order valence-electron chi connectivity index (χ4n) is 2.99. The molecule has 0 fully saturated rings. The molecule has 104 valence electrons. The summed E-state index contributed by atoms with van der Waals surface area (Å²) in [4.78, 5) is 24.1. The summed E-state index contributed by atoms with van der Waals surface area (Å²) in [5.41, 5.74) is 2.12. The van der Waals surface area contributed by atoms with Gasteiger partial charge in [-0.3, -0.25) is 9.59 Å². The molecule has 2 aliphatic rings. The van der Waals surface area contributed by atoms with Crippen molar-refractivity contribution in [3.63, 3.8) is 0 Å². The SMILES string of the molecule is O=C1C[C@@H](c2c(Cl)cccc2Cl)C2=C(CCCC2=O)N1. The first-order chi connectivity index (χ1) is 9.58. The summed E-state index contributed by atoms with van der Waals surface area (Å²) in [5, 5.41) is 3.83. The van der Waals surface area contributed by atoms with Crippen molar-refractivity contribution in [1.82, 2.24) is 5.32 Å². The van der Waals surface area contributed by atoms with Gasteiger partial charge in [0.15, 0.2) is 5.78 Å². The van der Waals surface area contributed by atoms with Crippen molar-refractivity contribution in [3.8, 4) is 0 Å². The van der Waals surface area contributed by atoms with Gasteiger partial charge in [0.1, 0.15) is 0 Å². The lowest BCUT2D eigenvalue weighted by Crippen LogP contribution is -2.36. The molecular weight excluding hydrogens is 297 g/mol. The zero-order valence-corrected chi connectivity index (χ0v) is 12.2. The number of benzene rings is 1. The normalized spacial score (nSPS) is 22.6. The molecule has 1 aliphatic carbocycles. The lowest BCUT2D eigenvalue weighted by atomic mass is 9.78. The first kappa shape index (κ1) is 13.7. The van der Waals surface area contributed by atoms with Crippen LogP contribution in [0.2, 0.25) is 10.0 Å². The van der Waals surface area contributed by atoms with Crippen LogP contribution in [0.3, 0.4) is 0 Å². The van der Waals surface area contributed by atoms with E-state index in [1.807, 2.05) is 0 Å². The van der Waals surface area contributed by atoms with E-state index in [0.29, 0.717) is 27.6 Å². The molecule has 1 heterocycles. The van der Waals surface area contributed by atoms with Crippen LogP contribution >= 0.6 is 23.2 Å². The van der Waals surface area contributed by atoms with Crippen LogP contribution in [0.4, 0.5) is 0 Å². The highest BCUT2D eigenvalue weighted by Crippen LogP contribution is 2.43. The maximum Gasteiger partial charge on any atom is 0.225 e. The highest BCUT2D eigenvalue weighted by Gasteiger charge is 2.36. The molecular formula is C15H13Cl2NO2. The highest BCUT2D eigenvalue weighted by atomic mass is 35.5. The number of nitrogens with one attached hydrogen (secondary N) is 1. The van der Waals surface area contributed by atoms with Crippen LogP contribution < -0.4 is 5.32 Å². The number of hydrogen-bond donors (Lipinski definition) is 1. The van der Waals surface area contributed by atoms with Crippen molar-refractivity contribution in [2.75, 3.05) is 0 Å². The summed E-state index contributed by atoms with van der Waals surface area (Å²) in [6.07, 6.45) is 2.24. The van der Waals surface area contributed by atoms with Crippen molar-refractivity contribution in [1.29, 1.82) is 0 Å². The zero-order valence-electron chi connectivity index (χ0n) is 10.7. The van der Waals surface area contributed by atoms with E-state index in [1.165, 1.54) is 0 Å². The van der Waals surface area contributed by atoms with Crippen LogP contribution in [-0.4, -0.2) is 11.7 Å². The molecule has 0 radical (unpaired) electrons. The molecule has 0 aromatic heterocycles. The van der Waals surface area contributed by atoms with Gasteiger partial charge < -0.3 is 5.32 Å². The van der Waals surface area contributed by atoms with Crippen LogP contribution in [-0.2, 0) is 9.59 Å². The second kappa shape index (κ2) is 5.23. The van der Waals surface area contributed by atoms with Crippen LogP contribution in [0, 0.1) is 0 Å². The summed E-state index contributed by atoms with van der Waals surface area (Å²) in [6, 6.07) is 5.24. The third kappa shape index (κ3) is 2.25. The summed E-state index contributed by atoms with van der Waals surface area (Å²) < 4.78 is 0. The van der Waals surface area contributed by atoms with Crippen LogP contribution in [0.15, 0.2) is 29.5 Å². The third-order valence-electron chi connectivity index (χ3n) is 3.83. The molecule has 0 unspecified atom stereocenters. The lowest BCUT2D eigenvalue weighted by molar-refractivity contribution is -0.122. The molecule has 1 aromatic carbocycles. The van der Waals surface area contributed by atoms with Gasteiger partial charge in [0, 0.05) is 40.1 Å². The smallest absolute Gasteiger partial charge is 0.225 e. The van der Waals surface area contributed by atoms with Crippen molar-refractivity contribution in [2.45, 2.75) is 31.6 Å². The van der Waals surface area contributed by atoms with Gasteiger partial charge in [-0.1, -0.05) is 29.3 Å². The van der Waals surface area contributed by atoms with E-state index < -0.39 is 0 Å². The Labute approximate surface area is 126 Å². The van der Waals surface area contributed by atoms with Crippen molar-refractivity contribution in [2.24, 2.45) is 0 Å². The molecule has 20 heavy (non-hydrogen) atoms. The van der Waals surface area contributed by atoms with Crippen molar-refractivity contribution in [3.05, 3.63) is 45.1 Å². The minimum atomic E-state index is -0.326. The number of Topliss-reactive ketones (excluding diaryl/α,β-unsaturated/α-hetero) is 1. The van der Waals surface area contributed by atoms with Gasteiger partial charge in [0.2, 0.25) is 5.91 Å². The monoisotopic (exact) mass is 309 g/mol. The van der Waals surface area contributed by atoms with Crippen molar-refractivity contribution >= 4 is 34.9 Å². The molecule has 0 bridgehead atoms. The fraction of sp³-hybridized carbons (Fsp3) is 0.333. The number of hydrogen-bond acceptors (Lipinski definition) is 2. The van der Waals surface area contributed by atoms with Gasteiger partial charge in [0.05, 0.1) is 0 Å². The molecule has 0 saturated carbocycles. The molecule has 1 amide bonds. The average Bonchev–Trinajstić information content (AvgIpc) is 2.38. The van der Waals surface area contributed by atoms with Gasteiger partial charge in [-0.15, -0.1) is 0 Å². The van der Waals surface area contributed by atoms with Gasteiger partial charge in [-0.2, -0.15) is 0 Å². The number of amides is 1. The topological polar surface area (TPSA) is 46.2 Å². The Hall–Kier alpha value is -1.32. The summed E-state index contributed by atoms with van der Waals surface area (Å²) in [5.74, 6) is -0.320. The third-order valence-corrected chi connectivity index (χ3v) is 4.49. The minimum absolute atomic E-state index is 0.0839. The molecule has 0 spiro atoms. The van der Waals surface area contributed by atoms with E-state index in [0.717, 1.165) is 18.5 Å². The molecule has 1 aliphatic heterocycles. The van der Waals surface area contributed by atoms with Gasteiger partial charge in [-0.25, -0.2) is 0 Å². The second-order valence-electron chi connectivity index (χ2n) is 5.11. The Morgan fingerprint density at radius 3 is 2.50 bits per heavy atom. The lowest BCUT2D eigenvalue weighted by Gasteiger charge is -2.31. The molecule has 0 saturated heterocycles. The zero-order chi connectivity index (χ0) is 14.3. The molecule has 1 atom stereocenters. The molecule has 5 heteroatoms. The van der Waals surface area contributed by atoms with E-state index in [1.54, 1.807) is 18.2 Å². The molecule has 3 nitrogen and oxygen atoms in total. The van der Waals surface area contributed by atoms with E-state index in [9.17, 15) is 9.59 Å². The van der Waals surface area contributed by atoms with Crippen molar-refractivity contribution < 1.29 is 9.59 Å². The predicted molar refractivity (Wildman–Crippen MR) is 77.8 cm³/mol.